The van der Waals surface area contributed by atoms with Gasteiger partial charge in [0.05, 0.1) is 11.6 Å². The number of nitrogens with zero attached hydrogens (tertiary/aromatic N) is 4. The molecule has 8 rings (SSSR count). The molecule has 4 heteroatoms. The van der Waals surface area contributed by atoms with Crippen LogP contribution in [0, 0.1) is 23.2 Å². The zero-order chi connectivity index (χ0) is 31.8. The van der Waals surface area contributed by atoms with Crippen LogP contribution in [0.5, 0.6) is 0 Å². The average molecular weight is 609 g/mol. The molecule has 228 valence electrons. The van der Waals surface area contributed by atoms with Gasteiger partial charge < -0.3 is 0 Å². The molecule has 3 atom stereocenters. The number of hydrogen-bond donors (Lipinski definition) is 0. The first-order valence-corrected chi connectivity index (χ1v) is 16.7. The van der Waals surface area contributed by atoms with Crippen LogP contribution < -0.4 is 0 Å². The van der Waals surface area contributed by atoms with Crippen LogP contribution >= 0.6 is 0 Å². The topological polar surface area (TPSA) is 62.5 Å². The number of fused-ring (bicyclic) bond motifs is 2. The fourth-order valence-corrected chi connectivity index (χ4v) is 8.11. The van der Waals surface area contributed by atoms with Gasteiger partial charge in [0, 0.05) is 16.7 Å². The number of aromatic nitrogens is 3. The second kappa shape index (κ2) is 12.1. The fraction of sp³-hybridized carbons (Fsp3) is 0.209. The third-order valence-electron chi connectivity index (χ3n) is 10.3. The van der Waals surface area contributed by atoms with E-state index in [1.165, 1.54) is 37.7 Å². The van der Waals surface area contributed by atoms with Gasteiger partial charge in [-0.25, -0.2) is 15.0 Å². The summed E-state index contributed by atoms with van der Waals surface area (Å²) in [6.07, 6.45) is 6.85. The van der Waals surface area contributed by atoms with Crippen molar-refractivity contribution in [3.63, 3.8) is 0 Å². The molecule has 2 bridgehead atoms. The van der Waals surface area contributed by atoms with Gasteiger partial charge in [-0.1, -0.05) is 135 Å². The number of benzene rings is 5. The Balaban J connectivity index is 1.23. The molecule has 4 nitrogen and oxygen atoms in total. The minimum atomic E-state index is 0.262. The monoisotopic (exact) mass is 608 g/mol. The van der Waals surface area contributed by atoms with Crippen molar-refractivity contribution >= 4 is 0 Å². The molecule has 2 aliphatic rings. The second-order valence-corrected chi connectivity index (χ2v) is 13.5. The van der Waals surface area contributed by atoms with Gasteiger partial charge in [0.15, 0.2) is 17.5 Å². The van der Waals surface area contributed by atoms with Crippen molar-refractivity contribution in [2.24, 2.45) is 11.8 Å². The Kier molecular flexibility index (Phi) is 7.46. The molecule has 1 aromatic heterocycles. The smallest absolute Gasteiger partial charge is 0.164 e. The van der Waals surface area contributed by atoms with E-state index in [9.17, 15) is 5.26 Å². The summed E-state index contributed by atoms with van der Waals surface area (Å²) in [6, 6.07) is 45.9. The highest BCUT2D eigenvalue weighted by Crippen LogP contribution is 2.51. The third-order valence-corrected chi connectivity index (χ3v) is 10.3. The molecule has 5 aromatic carbocycles. The van der Waals surface area contributed by atoms with Crippen LogP contribution in [-0.4, -0.2) is 15.0 Å². The van der Waals surface area contributed by atoms with Crippen LogP contribution in [-0.2, 0) is 5.41 Å². The first kappa shape index (κ1) is 29.0. The summed E-state index contributed by atoms with van der Waals surface area (Å²) in [5.41, 5.74) is 9.44. The molecule has 6 aromatic rings. The highest BCUT2D eigenvalue weighted by Gasteiger charge is 2.41. The van der Waals surface area contributed by atoms with Crippen molar-refractivity contribution < 1.29 is 0 Å². The molecule has 2 aliphatic carbocycles. The molecule has 1 heterocycles. The van der Waals surface area contributed by atoms with Crippen LogP contribution in [0.2, 0.25) is 0 Å². The van der Waals surface area contributed by atoms with Gasteiger partial charge in [0.2, 0.25) is 0 Å². The van der Waals surface area contributed by atoms with E-state index in [2.05, 4.69) is 73.7 Å². The first-order chi connectivity index (χ1) is 23.1. The minimum absolute atomic E-state index is 0.262. The van der Waals surface area contributed by atoms with E-state index in [0.29, 0.717) is 23.0 Å². The highest BCUT2D eigenvalue weighted by molar-refractivity contribution is 5.84. The Hall–Kier alpha value is -5.40. The van der Waals surface area contributed by atoms with Gasteiger partial charge >= 0.3 is 0 Å². The summed E-state index contributed by atoms with van der Waals surface area (Å²) in [5, 5.41) is 9.34. The molecule has 0 N–H and O–H groups in total. The van der Waals surface area contributed by atoms with Crippen LogP contribution in [0.25, 0.3) is 56.4 Å². The molecule has 0 saturated heterocycles. The predicted molar refractivity (Wildman–Crippen MR) is 189 cm³/mol. The fourth-order valence-electron chi connectivity index (χ4n) is 8.11. The number of rotatable bonds is 6. The molecular formula is C43H36N4. The maximum atomic E-state index is 9.34. The summed E-state index contributed by atoms with van der Waals surface area (Å²) in [6.45, 7) is 2.48. The normalized spacial score (nSPS) is 20.1. The summed E-state index contributed by atoms with van der Waals surface area (Å²) in [5.74, 6) is 3.65. The molecule has 0 aliphatic heterocycles. The van der Waals surface area contributed by atoms with Crippen molar-refractivity contribution in [1.29, 1.82) is 5.26 Å². The van der Waals surface area contributed by atoms with Crippen molar-refractivity contribution in [2.45, 2.75) is 44.4 Å². The van der Waals surface area contributed by atoms with E-state index < -0.39 is 0 Å². The van der Waals surface area contributed by atoms with Crippen molar-refractivity contribution in [1.82, 2.24) is 15.0 Å². The maximum Gasteiger partial charge on any atom is 0.164 e. The Labute approximate surface area is 276 Å². The van der Waals surface area contributed by atoms with E-state index in [1.54, 1.807) is 0 Å². The lowest BCUT2D eigenvalue weighted by Crippen LogP contribution is -2.30. The molecule has 2 fully saturated rings. The Bertz CT molecular complexity index is 2080. The summed E-state index contributed by atoms with van der Waals surface area (Å²) in [7, 11) is 0. The van der Waals surface area contributed by atoms with Crippen molar-refractivity contribution in [3.8, 4) is 62.5 Å². The van der Waals surface area contributed by atoms with E-state index in [1.807, 2.05) is 66.7 Å². The summed E-state index contributed by atoms with van der Waals surface area (Å²) in [4.78, 5) is 15.3. The van der Waals surface area contributed by atoms with E-state index in [-0.39, 0.29) is 5.41 Å². The van der Waals surface area contributed by atoms with E-state index >= 15 is 0 Å². The Morgan fingerprint density at radius 3 is 1.53 bits per heavy atom. The predicted octanol–water partition coefficient (Wildman–Crippen LogP) is 10.5. The van der Waals surface area contributed by atoms with Gasteiger partial charge in [-0.3, -0.25) is 0 Å². The zero-order valence-corrected chi connectivity index (χ0v) is 26.6. The van der Waals surface area contributed by atoms with Gasteiger partial charge in [-0.2, -0.15) is 5.26 Å². The van der Waals surface area contributed by atoms with Crippen molar-refractivity contribution in [3.05, 3.63) is 139 Å². The van der Waals surface area contributed by atoms with Gasteiger partial charge in [0.1, 0.15) is 0 Å². The van der Waals surface area contributed by atoms with Gasteiger partial charge in [-0.05, 0) is 76.5 Å². The lowest BCUT2D eigenvalue weighted by atomic mass is 9.66. The average Bonchev–Trinajstić information content (AvgIpc) is 3.49. The van der Waals surface area contributed by atoms with Crippen LogP contribution in [0.3, 0.4) is 0 Å². The molecule has 0 radical (unpaired) electrons. The Morgan fingerprint density at radius 2 is 1.00 bits per heavy atom. The minimum Gasteiger partial charge on any atom is -0.208 e. The first-order valence-electron chi connectivity index (χ1n) is 16.7. The van der Waals surface area contributed by atoms with Crippen LogP contribution in [0.4, 0.5) is 0 Å². The maximum absolute atomic E-state index is 9.34. The van der Waals surface area contributed by atoms with Crippen molar-refractivity contribution in [2.75, 3.05) is 0 Å². The molecule has 0 amide bonds. The quantitative estimate of drug-likeness (QED) is 0.189. The standard InChI is InChI=1S/C43H36N4/c1-43(26-30-15-16-31(25-30)27-43)35-23-21-33(22-24-35)37-12-6-8-14-39(37)42-46-40(34-9-3-2-4-10-34)45-41(47-42)38-13-7-5-11-36(38)32-19-17-29(28-44)18-20-32/h2-14,17-24,30-31H,15-16,25-27H2,1H3/t30-,31?,43?/m1/s1. The molecular weight excluding hydrogens is 573 g/mol. The SMILES string of the molecule is CC1(c2ccc(-c3ccccc3-c3nc(-c4ccccc4)nc(-c4ccccc4-c4ccc(C#N)cc4)n3)cc2)CC2CC[C@H](C2)C1. The van der Waals surface area contributed by atoms with Crippen LogP contribution in [0.1, 0.15) is 50.2 Å². The zero-order valence-electron chi connectivity index (χ0n) is 26.6. The second-order valence-electron chi connectivity index (χ2n) is 13.5. The highest BCUT2D eigenvalue weighted by atomic mass is 15.0. The lowest BCUT2D eigenvalue weighted by molar-refractivity contribution is 0.232. The molecule has 47 heavy (non-hydrogen) atoms. The Morgan fingerprint density at radius 1 is 0.532 bits per heavy atom. The van der Waals surface area contributed by atoms with Gasteiger partial charge in [-0.15, -0.1) is 0 Å². The third kappa shape index (κ3) is 5.64. The number of hydrogen-bond acceptors (Lipinski definition) is 4. The largest absolute Gasteiger partial charge is 0.208 e. The summed E-state index contributed by atoms with van der Waals surface area (Å²) < 4.78 is 0. The molecule has 0 spiro atoms. The van der Waals surface area contributed by atoms with E-state index in [4.69, 9.17) is 15.0 Å². The van der Waals surface area contributed by atoms with E-state index in [0.717, 1.165) is 50.8 Å². The lowest BCUT2D eigenvalue weighted by Gasteiger charge is -2.38. The molecule has 2 saturated carbocycles. The summed E-state index contributed by atoms with van der Waals surface area (Å²) >= 11 is 0. The number of nitriles is 1. The van der Waals surface area contributed by atoms with Crippen LogP contribution in [0.15, 0.2) is 127 Å². The van der Waals surface area contributed by atoms with Gasteiger partial charge in [0.25, 0.3) is 0 Å². The molecule has 2 unspecified atom stereocenters.